The molecule has 0 aromatic rings. The summed E-state index contributed by atoms with van der Waals surface area (Å²) in [6, 6.07) is 0. The Hall–Kier alpha value is 0.0931. The summed E-state index contributed by atoms with van der Waals surface area (Å²) in [6.07, 6.45) is 21.1. The van der Waals surface area contributed by atoms with Crippen LogP contribution >= 0.6 is 0 Å². The van der Waals surface area contributed by atoms with Crippen molar-refractivity contribution < 1.29 is 37.4 Å². The van der Waals surface area contributed by atoms with Crippen molar-refractivity contribution in [1.82, 2.24) is 0 Å². The first kappa shape index (κ1) is 19.1. The number of hydrogen-bond donors (Lipinski definition) is 0. The van der Waals surface area contributed by atoms with Gasteiger partial charge >= 0.3 is 133 Å². The fraction of sp³-hybridized carbons (Fsp3) is 0.556. The van der Waals surface area contributed by atoms with E-state index in [4.69, 9.17) is 2.81 Å². The van der Waals surface area contributed by atoms with Gasteiger partial charge in [-0.3, -0.25) is 0 Å². The molecule has 0 spiro atoms. The molecule has 0 aromatic carbocycles. The van der Waals surface area contributed by atoms with Crippen LogP contribution in [0.25, 0.3) is 0 Å². The van der Waals surface area contributed by atoms with Gasteiger partial charge in [-0.1, -0.05) is 0 Å². The van der Waals surface area contributed by atoms with Crippen molar-refractivity contribution in [1.29, 1.82) is 0 Å². The fourth-order valence-electron chi connectivity index (χ4n) is 2.72. The van der Waals surface area contributed by atoms with Gasteiger partial charge in [0, 0.05) is 0 Å². The minimum atomic E-state index is -1.99. The minimum absolute atomic E-state index is 0. The van der Waals surface area contributed by atoms with Crippen LogP contribution in [0.15, 0.2) is 43.0 Å². The predicted octanol–water partition coefficient (Wildman–Crippen LogP) is 2.44. The van der Waals surface area contributed by atoms with E-state index in [1.807, 2.05) is 0 Å². The Kier molecular flexibility index (Phi) is 9.81. The second kappa shape index (κ2) is 10.8. The van der Waals surface area contributed by atoms with E-state index in [9.17, 15) is 0 Å². The fourth-order valence-corrected chi connectivity index (χ4v) is 8.34. The van der Waals surface area contributed by atoms with Crippen LogP contribution in [0.2, 0.25) is 0 Å². The van der Waals surface area contributed by atoms with E-state index >= 15 is 0 Å². The van der Waals surface area contributed by atoms with E-state index in [0.717, 1.165) is 25.4 Å². The largest absolute Gasteiger partial charge is 1.00 e. The van der Waals surface area contributed by atoms with Crippen molar-refractivity contribution in [3.8, 4) is 0 Å². The van der Waals surface area contributed by atoms with E-state index in [-0.39, 0.29) is 12.4 Å². The molecule has 2 rings (SSSR count). The van der Waals surface area contributed by atoms with Crippen LogP contribution in [-0.2, 0) is 25.0 Å². The van der Waals surface area contributed by atoms with Gasteiger partial charge in [0.1, 0.15) is 0 Å². The van der Waals surface area contributed by atoms with Crippen molar-refractivity contribution >= 4 is 0 Å². The smallest absolute Gasteiger partial charge is 1.00 e. The summed E-state index contributed by atoms with van der Waals surface area (Å²) in [5.74, 6) is 0.760. The zero-order valence-electron chi connectivity index (χ0n) is 13.3. The Balaban J connectivity index is 0.00000220. The minimum Gasteiger partial charge on any atom is -1.00 e. The molecular formula is C18H27ClOZr. The van der Waals surface area contributed by atoms with Crippen LogP contribution in [0, 0.1) is 5.92 Å². The Morgan fingerprint density at radius 2 is 1.71 bits per heavy atom. The first-order valence-corrected chi connectivity index (χ1v) is 11.5. The monoisotopic (exact) mass is 384 g/mol. The number of halogens is 1. The van der Waals surface area contributed by atoms with Gasteiger partial charge in [-0.15, -0.1) is 0 Å². The Morgan fingerprint density at radius 3 is 2.14 bits per heavy atom. The Labute approximate surface area is 144 Å². The van der Waals surface area contributed by atoms with E-state index < -0.39 is 22.2 Å². The zero-order chi connectivity index (χ0) is 14.2. The maximum Gasteiger partial charge on any atom is -1.00 e. The summed E-state index contributed by atoms with van der Waals surface area (Å²) < 4.78 is 9.78. The molecule has 1 nitrogen and oxygen atoms in total. The molecule has 1 unspecified atom stereocenters. The SMILES string of the molecule is CCCCC(CC)C[O][Zr+]([C]1=CC=CC1)[C]1=CC=CC1.[Cl-]. The quantitative estimate of drug-likeness (QED) is 0.592. The summed E-state index contributed by atoms with van der Waals surface area (Å²) in [4.78, 5) is 0. The molecule has 2 aliphatic carbocycles. The Morgan fingerprint density at radius 1 is 1.10 bits per heavy atom. The standard InChI is InChI=1S/C8H17O.2C5H5.ClH.Zr/c1-3-5-6-8(4-2)7-9;2*1-2-4-5-3-1;;/h8H,3-7H2,1-2H3;2*1-3H,4H2;1H;/q-1;;;;+2/p-1. The number of unbranched alkanes of at least 4 members (excludes halogenated alkanes) is 1. The van der Waals surface area contributed by atoms with Gasteiger partial charge in [0.15, 0.2) is 0 Å². The van der Waals surface area contributed by atoms with Gasteiger partial charge in [-0.05, 0) is 0 Å². The molecule has 1 atom stereocenters. The van der Waals surface area contributed by atoms with E-state index in [2.05, 4.69) is 50.3 Å². The summed E-state index contributed by atoms with van der Waals surface area (Å²) in [5, 5.41) is 0. The maximum absolute atomic E-state index is 6.54. The average Bonchev–Trinajstić information content (AvgIpc) is 3.16. The molecule has 0 amide bonds. The van der Waals surface area contributed by atoms with Crippen molar-refractivity contribution in [3.05, 3.63) is 43.0 Å². The molecule has 0 heterocycles. The van der Waals surface area contributed by atoms with E-state index in [0.29, 0.717) is 0 Å². The second-order valence-corrected chi connectivity index (χ2v) is 11.2. The molecule has 0 aliphatic heterocycles. The van der Waals surface area contributed by atoms with E-state index in [1.54, 1.807) is 6.56 Å². The van der Waals surface area contributed by atoms with Crippen LogP contribution in [-0.4, -0.2) is 6.61 Å². The van der Waals surface area contributed by atoms with Crippen molar-refractivity contribution in [3.63, 3.8) is 0 Å². The van der Waals surface area contributed by atoms with Crippen LogP contribution in [0.5, 0.6) is 0 Å². The predicted molar refractivity (Wildman–Crippen MR) is 82.9 cm³/mol. The van der Waals surface area contributed by atoms with Crippen molar-refractivity contribution in [2.75, 3.05) is 6.61 Å². The van der Waals surface area contributed by atoms with Gasteiger partial charge in [0.05, 0.1) is 0 Å². The first-order chi connectivity index (χ1) is 9.85. The molecule has 0 saturated carbocycles. The molecule has 3 heteroatoms. The van der Waals surface area contributed by atoms with Crippen molar-refractivity contribution in [2.24, 2.45) is 5.92 Å². The third kappa shape index (κ3) is 6.01. The summed E-state index contributed by atoms with van der Waals surface area (Å²) in [5.41, 5.74) is 0. The van der Waals surface area contributed by atoms with Gasteiger partial charge < -0.3 is 12.4 Å². The molecule has 21 heavy (non-hydrogen) atoms. The van der Waals surface area contributed by atoms with Gasteiger partial charge in [-0.2, -0.15) is 0 Å². The molecule has 0 N–H and O–H groups in total. The van der Waals surface area contributed by atoms with Gasteiger partial charge in [0.25, 0.3) is 0 Å². The molecule has 0 fully saturated rings. The maximum atomic E-state index is 6.54. The average molecular weight is 386 g/mol. The summed E-state index contributed by atoms with van der Waals surface area (Å²) in [6.45, 7) is 5.57. The normalized spacial score (nSPS) is 17.4. The number of hydrogen-bond acceptors (Lipinski definition) is 1. The molecule has 0 radical (unpaired) electrons. The third-order valence-corrected chi connectivity index (χ3v) is 9.94. The van der Waals surface area contributed by atoms with E-state index in [1.165, 1.54) is 25.7 Å². The molecule has 0 saturated heterocycles. The number of allylic oxidation sites excluding steroid dienone is 8. The van der Waals surface area contributed by atoms with Crippen molar-refractivity contribution in [2.45, 2.75) is 52.4 Å². The molecule has 0 bridgehead atoms. The summed E-state index contributed by atoms with van der Waals surface area (Å²) >= 11 is -1.99. The third-order valence-electron chi connectivity index (χ3n) is 4.13. The first-order valence-electron chi connectivity index (χ1n) is 8.07. The van der Waals surface area contributed by atoms with Gasteiger partial charge in [-0.25, -0.2) is 0 Å². The second-order valence-electron chi connectivity index (χ2n) is 5.70. The molecule has 0 aromatic heterocycles. The summed E-state index contributed by atoms with van der Waals surface area (Å²) in [7, 11) is 0. The van der Waals surface area contributed by atoms with Gasteiger partial charge in [0.2, 0.25) is 0 Å². The topological polar surface area (TPSA) is 9.23 Å². The Bertz CT molecular complexity index is 393. The number of rotatable bonds is 9. The molecular weight excluding hydrogens is 359 g/mol. The van der Waals surface area contributed by atoms with Crippen LogP contribution in [0.1, 0.15) is 52.4 Å². The van der Waals surface area contributed by atoms with Crippen LogP contribution in [0.3, 0.4) is 0 Å². The van der Waals surface area contributed by atoms with Crippen LogP contribution in [0.4, 0.5) is 0 Å². The molecule has 116 valence electrons. The molecule has 2 aliphatic rings. The zero-order valence-corrected chi connectivity index (χ0v) is 16.5. The van der Waals surface area contributed by atoms with Crippen LogP contribution < -0.4 is 12.4 Å².